The van der Waals surface area contributed by atoms with Gasteiger partial charge in [0.2, 0.25) is 5.91 Å². The summed E-state index contributed by atoms with van der Waals surface area (Å²) in [4.78, 5) is 17.0. The first kappa shape index (κ1) is 16.3. The van der Waals surface area contributed by atoms with Crippen LogP contribution in [0.4, 0.5) is 5.82 Å². The van der Waals surface area contributed by atoms with Crippen LogP contribution in [-0.2, 0) is 4.79 Å². The van der Waals surface area contributed by atoms with E-state index in [-0.39, 0.29) is 11.8 Å². The average Bonchev–Trinajstić information content (AvgIpc) is 3.22. The van der Waals surface area contributed by atoms with Gasteiger partial charge in [-0.05, 0) is 36.8 Å². The number of carbonyl (C=O) groups is 1. The molecular weight excluding hydrogens is 408 g/mol. The predicted octanol–water partition coefficient (Wildman–Crippen LogP) is 4.56. The summed E-state index contributed by atoms with van der Waals surface area (Å²) in [6.45, 7) is 1.94. The Morgan fingerprint density at radius 3 is 2.89 bits per heavy atom. The van der Waals surface area contributed by atoms with E-state index in [1.54, 1.807) is 4.68 Å². The van der Waals surface area contributed by atoms with Crippen LogP contribution in [0.5, 0.6) is 0 Å². The summed E-state index contributed by atoms with van der Waals surface area (Å²) in [5.74, 6) is 0.509. The predicted molar refractivity (Wildman–Crippen MR) is 105 cm³/mol. The molecule has 1 aliphatic heterocycles. The van der Waals surface area contributed by atoms with Crippen molar-refractivity contribution in [3.63, 3.8) is 0 Å². The molecule has 27 heavy (non-hydrogen) atoms. The Bertz CT molecular complexity index is 1160. The van der Waals surface area contributed by atoms with Crippen molar-refractivity contribution in [2.45, 2.75) is 19.3 Å². The summed E-state index contributed by atoms with van der Waals surface area (Å²) < 4.78 is 8.43. The molecule has 0 bridgehead atoms. The maximum absolute atomic E-state index is 12.4. The Balaban J connectivity index is 1.69. The monoisotopic (exact) mass is 422 g/mol. The molecule has 2 aromatic carbocycles. The lowest BCUT2D eigenvalue weighted by molar-refractivity contribution is -0.116. The zero-order valence-electron chi connectivity index (χ0n) is 14.4. The van der Waals surface area contributed by atoms with Gasteiger partial charge < -0.3 is 9.73 Å². The largest absolute Gasteiger partial charge is 0.422 e. The second-order valence-corrected chi connectivity index (χ2v) is 7.50. The highest BCUT2D eigenvalue weighted by atomic mass is 79.9. The normalized spacial score (nSPS) is 16.4. The lowest BCUT2D eigenvalue weighted by Gasteiger charge is -2.24. The molecule has 3 heterocycles. The number of halogens is 1. The second kappa shape index (κ2) is 6.06. The number of fused-ring (bicyclic) bond motifs is 2. The van der Waals surface area contributed by atoms with Crippen molar-refractivity contribution < 1.29 is 9.21 Å². The quantitative estimate of drug-likeness (QED) is 0.513. The van der Waals surface area contributed by atoms with E-state index in [4.69, 9.17) is 4.42 Å². The van der Waals surface area contributed by atoms with E-state index in [1.807, 2.05) is 55.5 Å². The molecule has 1 aliphatic rings. The zero-order chi connectivity index (χ0) is 18.5. The highest BCUT2D eigenvalue weighted by Crippen LogP contribution is 2.40. The summed E-state index contributed by atoms with van der Waals surface area (Å²) in [5, 5.41) is 7.58. The van der Waals surface area contributed by atoms with E-state index in [0.717, 1.165) is 26.8 Å². The van der Waals surface area contributed by atoms with Gasteiger partial charge >= 0.3 is 6.01 Å². The summed E-state index contributed by atoms with van der Waals surface area (Å²) >= 11 is 3.52. The van der Waals surface area contributed by atoms with Crippen LogP contribution in [0.15, 0.2) is 57.4 Å². The molecule has 1 N–H and O–H groups in total. The number of nitrogens with zero attached hydrogens (tertiary/aromatic N) is 3. The molecule has 5 rings (SSSR count). The molecule has 134 valence electrons. The Morgan fingerprint density at radius 2 is 2.07 bits per heavy atom. The third kappa shape index (κ3) is 2.66. The van der Waals surface area contributed by atoms with Crippen LogP contribution in [0.25, 0.3) is 17.1 Å². The number of nitrogens with one attached hydrogen (secondary N) is 1. The zero-order valence-corrected chi connectivity index (χ0v) is 16.0. The molecule has 0 aliphatic carbocycles. The van der Waals surface area contributed by atoms with E-state index in [0.29, 0.717) is 23.8 Å². The van der Waals surface area contributed by atoms with Crippen molar-refractivity contribution >= 4 is 38.8 Å². The number of amides is 1. The van der Waals surface area contributed by atoms with Crippen LogP contribution in [-0.4, -0.2) is 20.7 Å². The molecule has 1 unspecified atom stereocenters. The Hall–Kier alpha value is -2.93. The number of aromatic nitrogens is 3. The van der Waals surface area contributed by atoms with Gasteiger partial charge in [0.15, 0.2) is 5.58 Å². The smallest absolute Gasteiger partial charge is 0.325 e. The van der Waals surface area contributed by atoms with Crippen LogP contribution in [0.3, 0.4) is 0 Å². The average molecular weight is 423 g/mol. The molecule has 0 saturated heterocycles. The summed E-state index contributed by atoms with van der Waals surface area (Å²) in [6.07, 6.45) is 0.379. The fourth-order valence-electron chi connectivity index (χ4n) is 3.64. The highest BCUT2D eigenvalue weighted by molar-refractivity contribution is 9.10. The van der Waals surface area contributed by atoms with E-state index < -0.39 is 0 Å². The van der Waals surface area contributed by atoms with Crippen LogP contribution in [0.1, 0.15) is 29.2 Å². The molecule has 6 nitrogen and oxygen atoms in total. The van der Waals surface area contributed by atoms with Gasteiger partial charge in [-0.3, -0.25) is 4.79 Å². The lowest BCUT2D eigenvalue weighted by atomic mass is 9.86. The first-order valence-electron chi connectivity index (χ1n) is 8.61. The van der Waals surface area contributed by atoms with Crippen LogP contribution in [0.2, 0.25) is 0 Å². The summed E-state index contributed by atoms with van der Waals surface area (Å²) in [6, 6.07) is 15.9. The summed E-state index contributed by atoms with van der Waals surface area (Å²) in [5.41, 5.74) is 4.34. The molecule has 2 aromatic heterocycles. The number of para-hydroxylation sites is 2. The third-order valence-corrected chi connectivity index (χ3v) is 5.31. The van der Waals surface area contributed by atoms with Gasteiger partial charge in [-0.2, -0.15) is 14.8 Å². The van der Waals surface area contributed by atoms with Gasteiger partial charge in [0, 0.05) is 22.4 Å². The molecule has 0 spiro atoms. The minimum absolute atomic E-state index is 0.0512. The molecule has 4 aromatic rings. The topological polar surface area (TPSA) is 73.0 Å². The molecule has 0 fully saturated rings. The first-order chi connectivity index (χ1) is 13.1. The van der Waals surface area contributed by atoms with Gasteiger partial charge in [0.1, 0.15) is 11.3 Å². The molecule has 0 radical (unpaired) electrons. The van der Waals surface area contributed by atoms with Gasteiger partial charge in [0.05, 0.1) is 5.69 Å². The maximum Gasteiger partial charge on any atom is 0.325 e. The number of anilines is 1. The summed E-state index contributed by atoms with van der Waals surface area (Å²) in [7, 11) is 0. The Morgan fingerprint density at radius 1 is 1.22 bits per heavy atom. The number of carbonyl (C=O) groups excluding carboxylic acids is 1. The molecule has 7 heteroatoms. The maximum atomic E-state index is 12.4. The lowest BCUT2D eigenvalue weighted by Crippen LogP contribution is -2.25. The SMILES string of the molecule is Cc1nn(-c2nc3ccccc3o2)c2c1C(c1cccc(Br)c1)CC(=O)N2. The van der Waals surface area contributed by atoms with Crippen molar-refractivity contribution in [1.29, 1.82) is 0 Å². The second-order valence-electron chi connectivity index (χ2n) is 6.58. The van der Waals surface area contributed by atoms with E-state index in [9.17, 15) is 4.79 Å². The van der Waals surface area contributed by atoms with Gasteiger partial charge in [0.25, 0.3) is 0 Å². The van der Waals surface area contributed by atoms with E-state index in [1.165, 1.54) is 0 Å². The van der Waals surface area contributed by atoms with Crippen molar-refractivity contribution in [1.82, 2.24) is 14.8 Å². The van der Waals surface area contributed by atoms with Gasteiger partial charge in [-0.25, -0.2) is 0 Å². The minimum atomic E-state index is -0.0654. The fourth-order valence-corrected chi connectivity index (χ4v) is 4.06. The van der Waals surface area contributed by atoms with Crippen molar-refractivity contribution in [2.75, 3.05) is 5.32 Å². The number of hydrogen-bond acceptors (Lipinski definition) is 4. The number of aryl methyl sites for hydroxylation is 1. The number of oxazole rings is 1. The highest BCUT2D eigenvalue weighted by Gasteiger charge is 2.33. The number of benzene rings is 2. The van der Waals surface area contributed by atoms with Crippen molar-refractivity contribution in [3.05, 3.63) is 69.8 Å². The van der Waals surface area contributed by atoms with Crippen LogP contribution >= 0.6 is 15.9 Å². The number of hydrogen-bond donors (Lipinski definition) is 1. The van der Waals surface area contributed by atoms with Gasteiger partial charge in [-0.1, -0.05) is 40.2 Å². The van der Waals surface area contributed by atoms with Crippen LogP contribution in [0, 0.1) is 6.92 Å². The number of rotatable bonds is 2. The van der Waals surface area contributed by atoms with E-state index >= 15 is 0 Å². The Kier molecular flexibility index (Phi) is 3.65. The third-order valence-electron chi connectivity index (χ3n) is 4.82. The fraction of sp³-hybridized carbons (Fsp3) is 0.150. The van der Waals surface area contributed by atoms with Crippen LogP contribution < -0.4 is 5.32 Å². The van der Waals surface area contributed by atoms with Crippen molar-refractivity contribution in [3.8, 4) is 6.01 Å². The minimum Gasteiger partial charge on any atom is -0.422 e. The van der Waals surface area contributed by atoms with E-state index in [2.05, 4.69) is 31.3 Å². The molecule has 1 amide bonds. The molecular formula is C20H15BrN4O2. The molecule has 1 atom stereocenters. The van der Waals surface area contributed by atoms with Crippen molar-refractivity contribution in [2.24, 2.45) is 0 Å². The molecule has 0 saturated carbocycles. The standard InChI is InChI=1S/C20H15BrN4O2/c1-11-18-14(12-5-4-6-13(21)9-12)10-17(26)23-19(18)25(24-11)20-22-15-7-2-3-8-16(15)27-20/h2-9,14H,10H2,1H3,(H,23,26). The van der Waals surface area contributed by atoms with Gasteiger partial charge in [-0.15, -0.1) is 0 Å². The Labute approximate surface area is 163 Å². The first-order valence-corrected chi connectivity index (χ1v) is 9.40.